The van der Waals surface area contributed by atoms with Gasteiger partial charge in [-0.1, -0.05) is 6.07 Å². The molecule has 3 aromatic rings. The van der Waals surface area contributed by atoms with E-state index >= 15 is 0 Å². The molecule has 3 aromatic carbocycles. The molecule has 0 heterocycles. The monoisotopic (exact) mass is 406 g/mol. The van der Waals surface area contributed by atoms with Crippen molar-refractivity contribution in [3.63, 3.8) is 0 Å². The first-order valence-electron chi connectivity index (χ1n) is 8.69. The lowest BCUT2D eigenvalue weighted by Gasteiger charge is -2.04. The van der Waals surface area contributed by atoms with Gasteiger partial charge in [-0.15, -0.1) is 0 Å². The maximum atomic E-state index is 12.2. The van der Waals surface area contributed by atoms with Crippen LogP contribution in [-0.2, 0) is 0 Å². The normalized spacial score (nSPS) is 11.1. The Kier molecular flexibility index (Phi) is 6.14. The first kappa shape index (κ1) is 20.2. The smallest absolute Gasteiger partial charge is 0.271 e. The number of hydrazone groups is 2. The minimum atomic E-state index is -0.478. The standard InChI is InChI=1S/C21H18N4O5/c26-17-6-4-14(19(28)9-17)11-22-24-16-3-1-2-13(8-16)21(30)25-23-12-15-5-7-18(27)10-20(15)29/h1-12,24,26-29H,(H,25,30)/b22-11-,23-12-. The molecule has 0 aliphatic heterocycles. The molecular weight excluding hydrogens is 388 g/mol. The Morgan fingerprint density at radius 2 is 1.37 bits per heavy atom. The molecule has 3 rings (SSSR count). The highest BCUT2D eigenvalue weighted by atomic mass is 16.3. The largest absolute Gasteiger partial charge is 0.508 e. The Morgan fingerprint density at radius 3 is 1.97 bits per heavy atom. The molecule has 152 valence electrons. The molecule has 6 N–H and O–H groups in total. The summed E-state index contributed by atoms with van der Waals surface area (Å²) in [5, 5.41) is 45.8. The molecule has 0 bridgehead atoms. The van der Waals surface area contributed by atoms with Crippen molar-refractivity contribution >= 4 is 24.0 Å². The molecule has 0 unspecified atom stereocenters. The first-order chi connectivity index (χ1) is 14.4. The molecule has 0 fully saturated rings. The first-order valence-corrected chi connectivity index (χ1v) is 8.69. The second-order valence-corrected chi connectivity index (χ2v) is 6.14. The van der Waals surface area contributed by atoms with Crippen molar-refractivity contribution in [2.75, 3.05) is 5.43 Å². The maximum Gasteiger partial charge on any atom is 0.271 e. The van der Waals surface area contributed by atoms with Gasteiger partial charge >= 0.3 is 0 Å². The summed E-state index contributed by atoms with van der Waals surface area (Å²) in [6.07, 6.45) is 2.62. The van der Waals surface area contributed by atoms with Crippen LogP contribution in [0.5, 0.6) is 23.0 Å². The fourth-order valence-electron chi connectivity index (χ4n) is 2.41. The molecule has 9 nitrogen and oxygen atoms in total. The van der Waals surface area contributed by atoms with Gasteiger partial charge in [0.1, 0.15) is 23.0 Å². The van der Waals surface area contributed by atoms with E-state index in [1.807, 2.05) is 0 Å². The molecule has 0 aromatic heterocycles. The number of amides is 1. The summed E-state index contributed by atoms with van der Waals surface area (Å²) in [7, 11) is 0. The summed E-state index contributed by atoms with van der Waals surface area (Å²) in [4.78, 5) is 12.2. The van der Waals surface area contributed by atoms with Crippen molar-refractivity contribution < 1.29 is 25.2 Å². The SMILES string of the molecule is O=C(N/N=C\c1ccc(O)cc1O)c1cccc(N/N=C\c2ccc(O)cc2O)c1. The van der Waals surface area contributed by atoms with Crippen molar-refractivity contribution in [3.8, 4) is 23.0 Å². The van der Waals surface area contributed by atoms with E-state index in [-0.39, 0.29) is 23.0 Å². The van der Waals surface area contributed by atoms with Gasteiger partial charge in [-0.25, -0.2) is 5.43 Å². The van der Waals surface area contributed by atoms with E-state index in [9.17, 15) is 25.2 Å². The number of nitrogens with zero attached hydrogens (tertiary/aromatic N) is 2. The maximum absolute atomic E-state index is 12.2. The van der Waals surface area contributed by atoms with Crippen LogP contribution in [-0.4, -0.2) is 38.8 Å². The summed E-state index contributed by atoms with van der Waals surface area (Å²) in [6.45, 7) is 0. The van der Waals surface area contributed by atoms with E-state index in [0.717, 1.165) is 6.07 Å². The lowest BCUT2D eigenvalue weighted by Crippen LogP contribution is -2.17. The zero-order valence-electron chi connectivity index (χ0n) is 15.5. The van der Waals surface area contributed by atoms with Crippen molar-refractivity contribution in [2.45, 2.75) is 0 Å². The highest BCUT2D eigenvalue weighted by Gasteiger charge is 2.06. The predicted molar refractivity (Wildman–Crippen MR) is 112 cm³/mol. The molecule has 0 aliphatic carbocycles. The highest BCUT2D eigenvalue weighted by molar-refractivity contribution is 5.96. The zero-order chi connectivity index (χ0) is 21.5. The summed E-state index contributed by atoms with van der Waals surface area (Å²) in [5.74, 6) is -0.905. The molecule has 0 aliphatic rings. The minimum Gasteiger partial charge on any atom is -0.508 e. The van der Waals surface area contributed by atoms with Gasteiger partial charge in [0.15, 0.2) is 0 Å². The van der Waals surface area contributed by atoms with Crippen molar-refractivity contribution in [1.29, 1.82) is 0 Å². The summed E-state index contributed by atoms with van der Waals surface area (Å²) >= 11 is 0. The van der Waals surface area contributed by atoms with Gasteiger partial charge in [-0.3, -0.25) is 10.2 Å². The number of rotatable bonds is 6. The average molecular weight is 406 g/mol. The number of nitrogens with one attached hydrogen (secondary N) is 2. The molecule has 0 radical (unpaired) electrons. The molecule has 0 atom stereocenters. The molecular formula is C21H18N4O5. The Balaban J connectivity index is 1.62. The van der Waals surface area contributed by atoms with Crippen LogP contribution < -0.4 is 10.9 Å². The third-order valence-electron chi connectivity index (χ3n) is 3.92. The van der Waals surface area contributed by atoms with Crippen LogP contribution >= 0.6 is 0 Å². The summed E-state index contributed by atoms with van der Waals surface area (Å²) in [6, 6.07) is 14.6. The molecule has 1 amide bonds. The van der Waals surface area contributed by atoms with Crippen LogP contribution in [0.15, 0.2) is 70.9 Å². The van der Waals surface area contributed by atoms with Gasteiger partial charge in [-0.05, 0) is 42.5 Å². The number of aromatic hydroxyl groups is 4. The van der Waals surface area contributed by atoms with Crippen molar-refractivity contribution in [3.05, 3.63) is 77.4 Å². The molecule has 30 heavy (non-hydrogen) atoms. The van der Waals surface area contributed by atoms with E-state index in [1.54, 1.807) is 24.3 Å². The van der Waals surface area contributed by atoms with E-state index in [2.05, 4.69) is 21.1 Å². The van der Waals surface area contributed by atoms with E-state index in [0.29, 0.717) is 22.4 Å². The number of carbonyl (C=O) groups excluding carboxylic acids is 1. The topological polar surface area (TPSA) is 147 Å². The number of benzene rings is 3. The Bertz CT molecular complexity index is 1130. The fraction of sp³-hybridized carbons (Fsp3) is 0. The third kappa shape index (κ3) is 5.26. The number of anilines is 1. The number of phenolic OH excluding ortho intramolecular Hbond substituents is 4. The number of phenols is 4. The van der Waals surface area contributed by atoms with Gasteiger partial charge in [0, 0.05) is 28.8 Å². The van der Waals surface area contributed by atoms with Gasteiger partial charge in [-0.2, -0.15) is 10.2 Å². The van der Waals surface area contributed by atoms with Crippen LogP contribution in [0.4, 0.5) is 5.69 Å². The van der Waals surface area contributed by atoms with Crippen LogP contribution in [0.2, 0.25) is 0 Å². The van der Waals surface area contributed by atoms with Crippen LogP contribution in [0.1, 0.15) is 21.5 Å². The van der Waals surface area contributed by atoms with Crippen LogP contribution in [0.25, 0.3) is 0 Å². The van der Waals surface area contributed by atoms with Crippen molar-refractivity contribution in [2.24, 2.45) is 10.2 Å². The third-order valence-corrected chi connectivity index (χ3v) is 3.92. The molecule has 0 spiro atoms. The lowest BCUT2D eigenvalue weighted by molar-refractivity contribution is 0.0955. The second kappa shape index (κ2) is 9.11. The van der Waals surface area contributed by atoms with E-state index in [1.165, 1.54) is 42.8 Å². The average Bonchev–Trinajstić information content (AvgIpc) is 2.71. The van der Waals surface area contributed by atoms with Crippen LogP contribution in [0.3, 0.4) is 0 Å². The number of carbonyl (C=O) groups is 1. The predicted octanol–water partition coefficient (Wildman–Crippen LogP) is 2.72. The Morgan fingerprint density at radius 1 is 0.767 bits per heavy atom. The van der Waals surface area contributed by atoms with Crippen molar-refractivity contribution in [1.82, 2.24) is 5.43 Å². The molecule has 9 heteroatoms. The van der Waals surface area contributed by atoms with Crippen LogP contribution in [0, 0.1) is 0 Å². The Hall–Kier alpha value is -4.53. The zero-order valence-corrected chi connectivity index (χ0v) is 15.5. The Labute approximate surface area is 171 Å². The quantitative estimate of drug-likeness (QED) is 0.274. The van der Waals surface area contributed by atoms with Gasteiger partial charge in [0.05, 0.1) is 18.1 Å². The number of hydrogen-bond donors (Lipinski definition) is 6. The van der Waals surface area contributed by atoms with E-state index in [4.69, 9.17) is 0 Å². The number of hydrogen-bond acceptors (Lipinski definition) is 8. The van der Waals surface area contributed by atoms with Gasteiger partial charge in [0.25, 0.3) is 5.91 Å². The fourth-order valence-corrected chi connectivity index (χ4v) is 2.41. The minimum absolute atomic E-state index is 0.0559. The summed E-state index contributed by atoms with van der Waals surface area (Å²) in [5.41, 5.74) is 6.66. The summed E-state index contributed by atoms with van der Waals surface area (Å²) < 4.78 is 0. The highest BCUT2D eigenvalue weighted by Crippen LogP contribution is 2.21. The lowest BCUT2D eigenvalue weighted by atomic mass is 10.2. The van der Waals surface area contributed by atoms with Gasteiger partial charge in [0.2, 0.25) is 0 Å². The molecule has 0 saturated heterocycles. The second-order valence-electron chi connectivity index (χ2n) is 6.14. The molecule has 0 saturated carbocycles. The van der Waals surface area contributed by atoms with E-state index < -0.39 is 5.91 Å². The van der Waals surface area contributed by atoms with Gasteiger partial charge < -0.3 is 20.4 Å².